The number of hydrogen-bond donors (Lipinski definition) is 3. The Bertz CT molecular complexity index is 1820. The lowest BCUT2D eigenvalue weighted by molar-refractivity contribution is -0.116. The molecule has 0 bridgehead atoms. The number of likely N-dealkylation sites (N-methyl/N-ethyl adjacent to an activating group) is 1. The van der Waals surface area contributed by atoms with Crippen LogP contribution in [0.4, 0.5) is 11.5 Å². The lowest BCUT2D eigenvalue weighted by Crippen LogP contribution is -2.37. The Morgan fingerprint density at radius 2 is 1.98 bits per heavy atom. The van der Waals surface area contributed by atoms with Crippen LogP contribution in [0.25, 0.3) is 38.2 Å². The summed E-state index contributed by atoms with van der Waals surface area (Å²) >= 11 is 1.53. The molecule has 0 fully saturated rings. The number of aryl methyl sites for hydroxylation is 1. The second-order valence-corrected chi connectivity index (χ2v) is 11.2. The van der Waals surface area contributed by atoms with Crippen molar-refractivity contribution in [1.82, 2.24) is 19.8 Å². The Labute approximate surface area is 248 Å². The molecule has 42 heavy (non-hydrogen) atoms. The molecule has 2 aromatic carbocycles. The average molecular weight is 583 g/mol. The van der Waals surface area contributed by atoms with Gasteiger partial charge in [0.25, 0.3) is 5.91 Å². The van der Waals surface area contributed by atoms with Crippen LogP contribution in [0.2, 0.25) is 0 Å². The van der Waals surface area contributed by atoms with Crippen molar-refractivity contribution in [3.8, 4) is 16.9 Å². The van der Waals surface area contributed by atoms with E-state index in [1.165, 1.54) is 17.4 Å². The van der Waals surface area contributed by atoms with Crippen LogP contribution in [0.3, 0.4) is 0 Å². The molecule has 0 saturated heterocycles. The molecule has 0 unspecified atom stereocenters. The van der Waals surface area contributed by atoms with Gasteiger partial charge in [-0.1, -0.05) is 24.3 Å². The molecule has 0 radical (unpaired) electrons. The SMILES string of the molecule is COc1cc(-c2csc3c(C=CC(=O)NC[C@H](C)N(C)C)cnc(N)c23)ccc1NC(=O)c1cc2ccccc2n1C. The van der Waals surface area contributed by atoms with Gasteiger partial charge in [-0.05, 0) is 62.3 Å². The van der Waals surface area contributed by atoms with Gasteiger partial charge in [-0.3, -0.25) is 9.59 Å². The summed E-state index contributed by atoms with van der Waals surface area (Å²) in [5.74, 6) is 0.516. The molecule has 5 rings (SSSR count). The van der Waals surface area contributed by atoms with E-state index in [4.69, 9.17) is 10.5 Å². The highest BCUT2D eigenvalue weighted by Crippen LogP contribution is 2.41. The molecule has 9 nitrogen and oxygen atoms in total. The number of hydrogen-bond acceptors (Lipinski definition) is 7. The highest BCUT2D eigenvalue weighted by Gasteiger charge is 2.18. The molecule has 10 heteroatoms. The lowest BCUT2D eigenvalue weighted by atomic mass is 10.0. The number of methoxy groups -OCH3 is 1. The summed E-state index contributed by atoms with van der Waals surface area (Å²) in [5.41, 5.74) is 11.0. The minimum atomic E-state index is -0.231. The van der Waals surface area contributed by atoms with E-state index in [1.807, 2.05) is 91.4 Å². The quantitative estimate of drug-likeness (QED) is 0.201. The monoisotopic (exact) mass is 582 g/mol. The fraction of sp³-hybridized carbons (Fsp3) is 0.219. The number of nitrogens with two attached hydrogens (primary N) is 1. The molecule has 3 heterocycles. The van der Waals surface area contributed by atoms with Gasteiger partial charge in [0.2, 0.25) is 5.91 Å². The van der Waals surface area contributed by atoms with E-state index in [0.29, 0.717) is 29.5 Å². The van der Waals surface area contributed by atoms with E-state index < -0.39 is 0 Å². The molecule has 0 spiro atoms. The molecule has 0 aliphatic heterocycles. The Hall–Kier alpha value is -4.67. The van der Waals surface area contributed by atoms with Crippen molar-refractivity contribution in [3.05, 3.63) is 77.4 Å². The van der Waals surface area contributed by atoms with Crippen molar-refractivity contribution in [2.24, 2.45) is 7.05 Å². The third kappa shape index (κ3) is 5.72. The van der Waals surface area contributed by atoms with Crippen LogP contribution in [-0.4, -0.2) is 60.1 Å². The topological polar surface area (TPSA) is 115 Å². The maximum Gasteiger partial charge on any atom is 0.272 e. The van der Waals surface area contributed by atoms with Gasteiger partial charge in [-0.2, -0.15) is 0 Å². The number of carbonyl (C=O) groups is 2. The molecule has 2 amide bonds. The number of rotatable bonds is 9. The molecule has 0 aliphatic rings. The van der Waals surface area contributed by atoms with E-state index in [0.717, 1.165) is 37.7 Å². The minimum Gasteiger partial charge on any atom is -0.495 e. The number of anilines is 2. The van der Waals surface area contributed by atoms with Crippen molar-refractivity contribution in [3.63, 3.8) is 0 Å². The normalized spacial score (nSPS) is 12.3. The number of nitrogens with one attached hydrogen (secondary N) is 2. The average Bonchev–Trinajstić information content (AvgIpc) is 3.58. The first kappa shape index (κ1) is 28.8. The predicted octanol–water partition coefficient (Wildman–Crippen LogP) is 5.38. The molecule has 5 aromatic rings. The first-order chi connectivity index (χ1) is 20.2. The second-order valence-electron chi connectivity index (χ2n) is 10.4. The molecular formula is C32H34N6O3S. The number of fused-ring (bicyclic) bond motifs is 2. The summed E-state index contributed by atoms with van der Waals surface area (Å²) in [6.45, 7) is 2.60. The van der Waals surface area contributed by atoms with Gasteiger partial charge in [0.15, 0.2) is 0 Å². The van der Waals surface area contributed by atoms with Gasteiger partial charge in [-0.15, -0.1) is 11.3 Å². The van der Waals surface area contributed by atoms with Crippen LogP contribution in [0.1, 0.15) is 23.0 Å². The number of carbonyl (C=O) groups excluding carboxylic acids is 2. The Balaban J connectivity index is 1.40. The minimum absolute atomic E-state index is 0.170. The fourth-order valence-corrected chi connectivity index (χ4v) is 5.81. The van der Waals surface area contributed by atoms with E-state index in [9.17, 15) is 9.59 Å². The second kappa shape index (κ2) is 12.1. The lowest BCUT2D eigenvalue weighted by Gasteiger charge is -2.19. The highest BCUT2D eigenvalue weighted by atomic mass is 32.1. The maximum atomic E-state index is 13.2. The largest absolute Gasteiger partial charge is 0.495 e. The zero-order valence-corrected chi connectivity index (χ0v) is 25.1. The van der Waals surface area contributed by atoms with Crippen LogP contribution in [0, 0.1) is 0 Å². The van der Waals surface area contributed by atoms with Gasteiger partial charge in [0.1, 0.15) is 17.3 Å². The number of nitrogens with zero attached hydrogens (tertiary/aromatic N) is 3. The van der Waals surface area contributed by atoms with Gasteiger partial charge in [0.05, 0.1) is 12.8 Å². The van der Waals surface area contributed by atoms with Gasteiger partial charge < -0.3 is 30.6 Å². The van der Waals surface area contributed by atoms with Crippen molar-refractivity contribution < 1.29 is 14.3 Å². The zero-order chi connectivity index (χ0) is 30.0. The molecule has 3 aromatic heterocycles. The molecule has 4 N–H and O–H groups in total. The Kier molecular flexibility index (Phi) is 8.28. The fourth-order valence-electron chi connectivity index (χ4n) is 4.73. The summed E-state index contributed by atoms with van der Waals surface area (Å²) in [7, 11) is 7.40. The Morgan fingerprint density at radius 3 is 2.71 bits per heavy atom. The maximum absolute atomic E-state index is 13.2. The van der Waals surface area contributed by atoms with Crippen molar-refractivity contribution in [2.75, 3.05) is 38.8 Å². The number of pyridine rings is 1. The van der Waals surface area contributed by atoms with Crippen molar-refractivity contribution in [2.45, 2.75) is 13.0 Å². The smallest absolute Gasteiger partial charge is 0.272 e. The van der Waals surface area contributed by atoms with Gasteiger partial charge in [-0.25, -0.2) is 4.98 Å². The third-order valence-corrected chi connectivity index (χ3v) is 8.49. The van der Waals surface area contributed by atoms with E-state index >= 15 is 0 Å². The molecule has 0 aliphatic carbocycles. The van der Waals surface area contributed by atoms with Crippen LogP contribution >= 0.6 is 11.3 Å². The van der Waals surface area contributed by atoms with Crippen LogP contribution in [0.5, 0.6) is 5.75 Å². The molecule has 1 atom stereocenters. The van der Waals surface area contributed by atoms with Gasteiger partial charge >= 0.3 is 0 Å². The Morgan fingerprint density at radius 1 is 1.19 bits per heavy atom. The summed E-state index contributed by atoms with van der Waals surface area (Å²) in [6.07, 6.45) is 4.96. The third-order valence-electron chi connectivity index (χ3n) is 7.46. The number of thiophene rings is 1. The first-order valence-electron chi connectivity index (χ1n) is 13.5. The zero-order valence-electron chi connectivity index (χ0n) is 24.3. The number of ether oxygens (including phenoxy) is 1. The molecular weight excluding hydrogens is 548 g/mol. The number of aromatic nitrogens is 2. The standard InChI is InChI=1S/C32H34N6O3S/c1-19(37(2)3)16-34-28(39)13-11-22-17-35-31(33)29-23(18-42-30(22)29)20-10-12-24(27(15-20)41-5)36-32(40)26-14-21-8-6-7-9-25(21)38(26)4/h6-15,17-19H,16H2,1-5H3,(H2,33,35)(H,34,39)(H,36,40)/t19-/m0/s1. The summed E-state index contributed by atoms with van der Waals surface area (Å²) in [5, 5.41) is 9.73. The highest BCUT2D eigenvalue weighted by molar-refractivity contribution is 7.18. The van der Waals surface area contributed by atoms with Crippen LogP contribution in [0.15, 0.2) is 66.2 Å². The summed E-state index contributed by atoms with van der Waals surface area (Å²) in [6, 6.07) is 15.6. The molecule has 216 valence electrons. The van der Waals surface area contributed by atoms with E-state index in [1.54, 1.807) is 19.4 Å². The summed E-state index contributed by atoms with van der Waals surface area (Å²) in [4.78, 5) is 32.1. The van der Waals surface area contributed by atoms with Gasteiger partial charge in [0, 0.05) is 64.0 Å². The van der Waals surface area contributed by atoms with E-state index in [-0.39, 0.29) is 17.9 Å². The van der Waals surface area contributed by atoms with Crippen molar-refractivity contribution >= 4 is 61.7 Å². The first-order valence-corrected chi connectivity index (χ1v) is 14.4. The number of nitrogen functional groups attached to an aromatic ring is 1. The number of para-hydroxylation sites is 1. The van der Waals surface area contributed by atoms with Crippen molar-refractivity contribution in [1.29, 1.82) is 0 Å². The van der Waals surface area contributed by atoms with Crippen LogP contribution in [-0.2, 0) is 11.8 Å². The van der Waals surface area contributed by atoms with E-state index in [2.05, 4.69) is 15.6 Å². The predicted molar refractivity (Wildman–Crippen MR) is 172 cm³/mol. The van der Waals surface area contributed by atoms with Crippen LogP contribution < -0.4 is 21.1 Å². The number of benzene rings is 2. The summed E-state index contributed by atoms with van der Waals surface area (Å²) < 4.78 is 8.47. The molecule has 0 saturated carbocycles. The number of amides is 2.